The highest BCUT2D eigenvalue weighted by Crippen LogP contribution is 2.41. The summed E-state index contributed by atoms with van der Waals surface area (Å²) in [5.74, 6) is 0. The maximum absolute atomic E-state index is 11.2. The highest BCUT2D eigenvalue weighted by molar-refractivity contribution is 5.89. The van der Waals surface area contributed by atoms with Gasteiger partial charge in [-0.1, -0.05) is 24.3 Å². The number of carboxylic acid groups (broad SMARTS) is 1. The minimum Gasteiger partial charge on any atom is -0.463 e. The summed E-state index contributed by atoms with van der Waals surface area (Å²) in [5.41, 5.74) is 1.63. The Balaban J connectivity index is 2.18. The molecule has 5 heteroatoms. The molecule has 2 heterocycles. The highest BCUT2D eigenvalue weighted by atomic mass is 16.4. The number of hydrogen-bond donors (Lipinski definition) is 1. The van der Waals surface area contributed by atoms with Crippen LogP contribution in [0.1, 0.15) is 11.6 Å². The lowest BCUT2D eigenvalue weighted by molar-refractivity contribution is 0.167. The molecule has 1 atom stereocenters. The van der Waals surface area contributed by atoms with Crippen LogP contribution in [-0.2, 0) is 0 Å². The molecule has 1 aromatic carbocycles. The van der Waals surface area contributed by atoms with Crippen LogP contribution in [-0.4, -0.2) is 22.5 Å². The molecule has 1 amide bonds. The summed E-state index contributed by atoms with van der Waals surface area (Å²) in [5, 5.41) is 15.9. The summed E-state index contributed by atoms with van der Waals surface area (Å²) in [4.78, 5) is 11.2. The molecule has 0 radical (unpaired) electrons. The molecular weight excluding hydrogens is 206 g/mol. The summed E-state index contributed by atoms with van der Waals surface area (Å²) in [6.07, 6.45) is 4.30. The van der Waals surface area contributed by atoms with E-state index in [1.165, 1.54) is 10.1 Å². The molecule has 0 saturated heterocycles. The number of hydrogen-bond acceptors (Lipinski definition) is 3. The zero-order valence-electron chi connectivity index (χ0n) is 8.32. The predicted molar refractivity (Wildman–Crippen MR) is 59.2 cm³/mol. The Morgan fingerprint density at radius 1 is 1.38 bits per heavy atom. The van der Waals surface area contributed by atoms with Crippen molar-refractivity contribution >= 4 is 18.0 Å². The van der Waals surface area contributed by atoms with Gasteiger partial charge >= 0.3 is 6.09 Å². The van der Waals surface area contributed by atoms with Gasteiger partial charge in [-0.25, -0.2) is 4.79 Å². The SMILES string of the molecule is O=C(O)N1c2ccccc2C2C=CC=NN21. The minimum absolute atomic E-state index is 0.114. The molecule has 0 spiro atoms. The second-order valence-electron chi connectivity index (χ2n) is 3.57. The number of para-hydroxylation sites is 1. The predicted octanol–water partition coefficient (Wildman–Crippen LogP) is 2.00. The largest absolute Gasteiger partial charge is 0.463 e. The van der Waals surface area contributed by atoms with Crippen LogP contribution in [0.25, 0.3) is 0 Å². The molecule has 5 nitrogen and oxygen atoms in total. The Morgan fingerprint density at radius 2 is 2.19 bits per heavy atom. The molecule has 0 bridgehead atoms. The van der Waals surface area contributed by atoms with E-state index in [4.69, 9.17) is 0 Å². The van der Waals surface area contributed by atoms with E-state index in [2.05, 4.69) is 5.10 Å². The number of hydrazone groups is 1. The Labute approximate surface area is 91.9 Å². The lowest BCUT2D eigenvalue weighted by Crippen LogP contribution is -2.40. The molecule has 2 aliphatic heterocycles. The van der Waals surface area contributed by atoms with E-state index < -0.39 is 6.09 Å². The van der Waals surface area contributed by atoms with Gasteiger partial charge in [0.15, 0.2) is 0 Å². The van der Waals surface area contributed by atoms with E-state index in [9.17, 15) is 9.90 Å². The van der Waals surface area contributed by atoms with Crippen molar-refractivity contribution in [2.75, 3.05) is 5.01 Å². The molecule has 80 valence electrons. The number of carbonyl (C=O) groups is 1. The van der Waals surface area contributed by atoms with Crippen molar-refractivity contribution in [3.8, 4) is 0 Å². The zero-order valence-corrected chi connectivity index (χ0v) is 8.32. The molecule has 0 aliphatic carbocycles. The van der Waals surface area contributed by atoms with Crippen LogP contribution < -0.4 is 5.01 Å². The van der Waals surface area contributed by atoms with E-state index >= 15 is 0 Å². The van der Waals surface area contributed by atoms with Gasteiger partial charge in [-0.15, -0.1) is 0 Å². The highest BCUT2D eigenvalue weighted by Gasteiger charge is 2.38. The van der Waals surface area contributed by atoms with Gasteiger partial charge in [0.05, 0.1) is 5.69 Å². The average Bonchev–Trinajstić information content (AvgIpc) is 2.63. The molecule has 1 N–H and O–H groups in total. The Morgan fingerprint density at radius 3 is 3.00 bits per heavy atom. The van der Waals surface area contributed by atoms with Crippen molar-refractivity contribution in [2.24, 2.45) is 5.10 Å². The topological polar surface area (TPSA) is 56.1 Å². The van der Waals surface area contributed by atoms with Crippen LogP contribution in [0.15, 0.2) is 41.5 Å². The zero-order chi connectivity index (χ0) is 11.1. The smallest absolute Gasteiger partial charge is 0.432 e. The first-order valence-corrected chi connectivity index (χ1v) is 4.91. The van der Waals surface area contributed by atoms with Crippen LogP contribution in [0.4, 0.5) is 10.5 Å². The van der Waals surface area contributed by atoms with E-state index in [0.29, 0.717) is 5.69 Å². The number of fused-ring (bicyclic) bond motifs is 3. The summed E-state index contributed by atoms with van der Waals surface area (Å²) in [6.45, 7) is 0. The molecule has 3 rings (SSSR count). The first-order chi connectivity index (χ1) is 7.79. The summed E-state index contributed by atoms with van der Waals surface area (Å²) >= 11 is 0. The minimum atomic E-state index is -1.03. The fourth-order valence-corrected chi connectivity index (χ4v) is 2.05. The molecule has 0 aromatic heterocycles. The molecule has 2 aliphatic rings. The Hall–Kier alpha value is -2.30. The molecule has 1 aromatic rings. The first kappa shape index (κ1) is 8.96. The van der Waals surface area contributed by atoms with Crippen molar-refractivity contribution in [1.82, 2.24) is 5.12 Å². The standard InChI is InChI=1S/C11H9N3O2/c15-11(16)13-9-5-2-1-4-8(9)10-6-3-7-12-14(10)13/h1-7,10H,(H,15,16). The van der Waals surface area contributed by atoms with Crippen molar-refractivity contribution in [3.63, 3.8) is 0 Å². The number of nitrogens with zero attached hydrogens (tertiary/aromatic N) is 3. The van der Waals surface area contributed by atoms with Crippen LogP contribution in [0.2, 0.25) is 0 Å². The number of rotatable bonds is 0. The van der Waals surface area contributed by atoms with Crippen molar-refractivity contribution in [1.29, 1.82) is 0 Å². The fraction of sp³-hybridized carbons (Fsp3) is 0.0909. The van der Waals surface area contributed by atoms with Crippen molar-refractivity contribution in [3.05, 3.63) is 42.0 Å². The Kier molecular flexibility index (Phi) is 1.73. The Bertz CT molecular complexity index is 510. The third-order valence-corrected chi connectivity index (χ3v) is 2.68. The van der Waals surface area contributed by atoms with Crippen LogP contribution in [0.5, 0.6) is 0 Å². The van der Waals surface area contributed by atoms with Gasteiger partial charge in [-0.3, -0.25) is 0 Å². The monoisotopic (exact) mass is 215 g/mol. The quantitative estimate of drug-likeness (QED) is 0.720. The van der Waals surface area contributed by atoms with Gasteiger partial charge in [-0.2, -0.15) is 15.2 Å². The first-order valence-electron chi connectivity index (χ1n) is 4.91. The van der Waals surface area contributed by atoms with Crippen molar-refractivity contribution < 1.29 is 9.90 Å². The lowest BCUT2D eigenvalue weighted by atomic mass is 10.1. The van der Waals surface area contributed by atoms with Gasteiger partial charge in [0.25, 0.3) is 0 Å². The van der Waals surface area contributed by atoms with Gasteiger partial charge in [-0.05, 0) is 12.1 Å². The molecular formula is C11H9N3O2. The summed E-state index contributed by atoms with van der Waals surface area (Å²) in [7, 11) is 0. The number of amides is 1. The fourth-order valence-electron chi connectivity index (χ4n) is 2.05. The molecule has 16 heavy (non-hydrogen) atoms. The maximum Gasteiger partial charge on any atom is 0.432 e. The number of allylic oxidation sites excluding steroid dienone is 1. The molecule has 0 fully saturated rings. The number of anilines is 1. The third kappa shape index (κ3) is 1.05. The molecule has 1 unspecified atom stereocenters. The van der Waals surface area contributed by atoms with Crippen LogP contribution in [0, 0.1) is 0 Å². The van der Waals surface area contributed by atoms with E-state index in [0.717, 1.165) is 5.56 Å². The lowest BCUT2D eigenvalue weighted by Gasteiger charge is -2.27. The van der Waals surface area contributed by atoms with Crippen LogP contribution in [0.3, 0.4) is 0 Å². The van der Waals surface area contributed by atoms with Gasteiger partial charge in [0.1, 0.15) is 6.04 Å². The normalized spacial score (nSPS) is 20.9. The van der Waals surface area contributed by atoms with Gasteiger partial charge in [0.2, 0.25) is 0 Å². The van der Waals surface area contributed by atoms with Gasteiger partial charge in [0, 0.05) is 11.8 Å². The summed E-state index contributed by atoms with van der Waals surface area (Å²) in [6, 6.07) is 7.30. The summed E-state index contributed by atoms with van der Waals surface area (Å²) < 4.78 is 0. The van der Waals surface area contributed by atoms with Crippen LogP contribution >= 0.6 is 0 Å². The van der Waals surface area contributed by atoms with Crippen molar-refractivity contribution in [2.45, 2.75) is 6.04 Å². The van der Waals surface area contributed by atoms with E-state index in [1.807, 2.05) is 30.4 Å². The second-order valence-corrected chi connectivity index (χ2v) is 3.57. The third-order valence-electron chi connectivity index (χ3n) is 2.68. The number of benzene rings is 1. The van der Waals surface area contributed by atoms with Gasteiger partial charge < -0.3 is 5.11 Å². The second kappa shape index (κ2) is 3.10. The van der Waals surface area contributed by atoms with E-state index in [1.54, 1.807) is 12.3 Å². The van der Waals surface area contributed by atoms with E-state index in [-0.39, 0.29) is 6.04 Å². The number of hydrazine groups is 1. The molecule has 0 saturated carbocycles. The average molecular weight is 215 g/mol. The maximum atomic E-state index is 11.2.